The maximum atomic E-state index is 11.4. The van der Waals surface area contributed by atoms with Crippen molar-refractivity contribution in [2.45, 2.75) is 4.90 Å². The molecule has 4 heteroatoms. The molecule has 0 amide bonds. The largest absolute Gasteiger partial charge is 0.478 e. The van der Waals surface area contributed by atoms with Gasteiger partial charge in [0.1, 0.15) is 0 Å². The molecule has 2 nitrogen and oxygen atoms in total. The van der Waals surface area contributed by atoms with Gasteiger partial charge in [-0.3, -0.25) is 0 Å². The van der Waals surface area contributed by atoms with Gasteiger partial charge in [0.05, 0.1) is 5.57 Å². The highest BCUT2D eigenvalue weighted by Gasteiger charge is 2.10. The van der Waals surface area contributed by atoms with Gasteiger partial charge in [0.15, 0.2) is 0 Å². The summed E-state index contributed by atoms with van der Waals surface area (Å²) in [4.78, 5) is 12.6. The zero-order valence-electron chi connectivity index (χ0n) is 10.8. The van der Waals surface area contributed by atoms with Crippen molar-refractivity contribution < 1.29 is 9.90 Å². The topological polar surface area (TPSA) is 37.3 Å². The van der Waals surface area contributed by atoms with Crippen molar-refractivity contribution >= 4 is 41.0 Å². The Hall–Kier alpha value is -1.71. The van der Waals surface area contributed by atoms with E-state index in [1.165, 1.54) is 0 Å². The molecule has 2 aromatic rings. The minimum Gasteiger partial charge on any atom is -0.478 e. The van der Waals surface area contributed by atoms with Crippen molar-refractivity contribution in [3.63, 3.8) is 0 Å². The fraction of sp³-hybridized carbons (Fsp3) is 0.0625. The van der Waals surface area contributed by atoms with E-state index in [-0.39, 0.29) is 5.57 Å². The maximum Gasteiger partial charge on any atom is 0.336 e. The molecule has 0 atom stereocenters. The Morgan fingerprint density at radius 2 is 1.70 bits per heavy atom. The van der Waals surface area contributed by atoms with E-state index in [2.05, 4.69) is 0 Å². The lowest BCUT2D eigenvalue weighted by Gasteiger charge is -2.04. The van der Waals surface area contributed by atoms with Crippen molar-refractivity contribution in [2.75, 3.05) is 6.26 Å². The third-order valence-corrected chi connectivity index (χ3v) is 3.81. The molecule has 0 aliphatic carbocycles. The van der Waals surface area contributed by atoms with E-state index in [9.17, 15) is 9.90 Å². The smallest absolute Gasteiger partial charge is 0.336 e. The maximum absolute atomic E-state index is 11.4. The third-order valence-electron chi connectivity index (χ3n) is 2.81. The van der Waals surface area contributed by atoms with Crippen LogP contribution < -0.4 is 0 Å². The van der Waals surface area contributed by atoms with Gasteiger partial charge in [0, 0.05) is 9.92 Å². The van der Waals surface area contributed by atoms with Gasteiger partial charge in [-0.2, -0.15) is 0 Å². The molecule has 1 N–H and O–H groups in total. The zero-order valence-corrected chi connectivity index (χ0v) is 12.4. The number of carboxylic acids is 1. The molecule has 0 radical (unpaired) electrons. The summed E-state index contributed by atoms with van der Waals surface area (Å²) in [5, 5.41) is 9.94. The van der Waals surface area contributed by atoms with Crippen LogP contribution in [0, 0.1) is 0 Å². The highest BCUT2D eigenvalue weighted by molar-refractivity contribution is 7.98. The molecule has 2 aromatic carbocycles. The first-order valence-electron chi connectivity index (χ1n) is 5.95. The second-order valence-electron chi connectivity index (χ2n) is 4.14. The van der Waals surface area contributed by atoms with Crippen LogP contribution in [0.4, 0.5) is 0 Å². The average molecular weight is 305 g/mol. The number of hydrogen-bond acceptors (Lipinski definition) is 2. The van der Waals surface area contributed by atoms with Crippen molar-refractivity contribution in [1.29, 1.82) is 0 Å². The molecule has 0 bridgehead atoms. The number of rotatable bonds is 4. The van der Waals surface area contributed by atoms with Crippen LogP contribution in [0.5, 0.6) is 0 Å². The van der Waals surface area contributed by atoms with Gasteiger partial charge in [-0.1, -0.05) is 35.9 Å². The fourth-order valence-electron chi connectivity index (χ4n) is 1.76. The highest BCUT2D eigenvalue weighted by atomic mass is 35.5. The van der Waals surface area contributed by atoms with Gasteiger partial charge in [-0.15, -0.1) is 11.8 Å². The van der Waals surface area contributed by atoms with Crippen molar-refractivity contribution in [1.82, 2.24) is 0 Å². The van der Waals surface area contributed by atoms with Crippen LogP contribution >= 0.6 is 23.4 Å². The number of aliphatic carboxylic acids is 1. The number of thioether (sulfide) groups is 1. The van der Waals surface area contributed by atoms with Crippen LogP contribution in [0.3, 0.4) is 0 Å². The number of hydrogen-bond donors (Lipinski definition) is 1. The highest BCUT2D eigenvalue weighted by Crippen LogP contribution is 2.22. The van der Waals surface area contributed by atoms with Gasteiger partial charge in [0.2, 0.25) is 0 Å². The van der Waals surface area contributed by atoms with Gasteiger partial charge >= 0.3 is 5.97 Å². The Morgan fingerprint density at radius 3 is 2.20 bits per heavy atom. The molecule has 0 heterocycles. The van der Waals surface area contributed by atoms with E-state index in [0.717, 1.165) is 10.5 Å². The summed E-state index contributed by atoms with van der Waals surface area (Å²) >= 11 is 7.47. The van der Waals surface area contributed by atoms with Gasteiger partial charge in [-0.25, -0.2) is 4.79 Å². The summed E-state index contributed by atoms with van der Waals surface area (Å²) in [5.41, 5.74) is 1.74. The first kappa shape index (κ1) is 14.7. The molecule has 20 heavy (non-hydrogen) atoms. The normalized spacial score (nSPS) is 11.4. The summed E-state index contributed by atoms with van der Waals surface area (Å²) in [6, 6.07) is 14.5. The minimum atomic E-state index is -0.957. The van der Waals surface area contributed by atoms with E-state index in [4.69, 9.17) is 11.6 Å². The average Bonchev–Trinajstić information content (AvgIpc) is 2.46. The SMILES string of the molecule is CSc1ccc(/C=C(\C(=O)O)c2ccc(Cl)cc2)cc1. The van der Waals surface area contributed by atoms with Crippen LogP contribution in [0.15, 0.2) is 53.4 Å². The van der Waals surface area contributed by atoms with Crippen molar-refractivity contribution in [3.05, 3.63) is 64.7 Å². The molecule has 0 unspecified atom stereocenters. The van der Waals surface area contributed by atoms with Gasteiger partial charge in [-0.05, 0) is 47.7 Å². The first-order valence-corrected chi connectivity index (χ1v) is 7.55. The van der Waals surface area contributed by atoms with Crippen LogP contribution in [-0.2, 0) is 4.79 Å². The lowest BCUT2D eigenvalue weighted by Crippen LogP contribution is -1.99. The second-order valence-corrected chi connectivity index (χ2v) is 5.46. The monoisotopic (exact) mass is 304 g/mol. The zero-order chi connectivity index (χ0) is 14.5. The number of carboxylic acid groups (broad SMARTS) is 1. The van der Waals surface area contributed by atoms with Crippen LogP contribution in [-0.4, -0.2) is 17.3 Å². The molecule has 0 aromatic heterocycles. The molecule has 0 spiro atoms. The van der Waals surface area contributed by atoms with Crippen LogP contribution in [0.25, 0.3) is 11.6 Å². The van der Waals surface area contributed by atoms with Crippen LogP contribution in [0.2, 0.25) is 5.02 Å². The lowest BCUT2D eigenvalue weighted by molar-refractivity contribution is -0.130. The molecule has 0 saturated carbocycles. The fourth-order valence-corrected chi connectivity index (χ4v) is 2.30. The standard InChI is InChI=1S/C16H13ClO2S/c1-20-14-8-2-11(3-9-14)10-15(16(18)19)12-4-6-13(17)7-5-12/h2-10H,1H3,(H,18,19)/b15-10-. The van der Waals surface area contributed by atoms with E-state index in [0.29, 0.717) is 10.6 Å². The van der Waals surface area contributed by atoms with Crippen molar-refractivity contribution in [2.24, 2.45) is 0 Å². The Labute approximate surface area is 127 Å². The minimum absolute atomic E-state index is 0.249. The second kappa shape index (κ2) is 6.64. The first-order chi connectivity index (χ1) is 9.60. The summed E-state index contributed by atoms with van der Waals surface area (Å²) in [7, 11) is 0. The summed E-state index contributed by atoms with van der Waals surface area (Å²) < 4.78 is 0. The van der Waals surface area contributed by atoms with Crippen LogP contribution in [0.1, 0.15) is 11.1 Å². The predicted molar refractivity (Wildman–Crippen MR) is 85.2 cm³/mol. The molecule has 0 aliphatic heterocycles. The van der Waals surface area contributed by atoms with E-state index in [1.807, 2.05) is 30.5 Å². The Kier molecular flexibility index (Phi) is 4.88. The van der Waals surface area contributed by atoms with Gasteiger partial charge < -0.3 is 5.11 Å². The summed E-state index contributed by atoms with van der Waals surface area (Å²) in [5.74, 6) is -0.957. The molecule has 0 saturated heterocycles. The molecular weight excluding hydrogens is 292 g/mol. The Morgan fingerprint density at radius 1 is 1.10 bits per heavy atom. The molecule has 102 valence electrons. The van der Waals surface area contributed by atoms with E-state index in [1.54, 1.807) is 42.1 Å². The number of halogens is 1. The lowest BCUT2D eigenvalue weighted by atomic mass is 10.0. The third kappa shape index (κ3) is 3.65. The summed E-state index contributed by atoms with van der Waals surface area (Å²) in [6.07, 6.45) is 3.66. The Balaban J connectivity index is 2.39. The molecule has 2 rings (SSSR count). The Bertz CT molecular complexity index is 631. The number of carbonyl (C=O) groups is 1. The summed E-state index contributed by atoms with van der Waals surface area (Å²) in [6.45, 7) is 0. The van der Waals surface area contributed by atoms with Crippen molar-refractivity contribution in [3.8, 4) is 0 Å². The molecular formula is C16H13ClO2S. The van der Waals surface area contributed by atoms with E-state index < -0.39 is 5.97 Å². The van der Waals surface area contributed by atoms with Gasteiger partial charge in [0.25, 0.3) is 0 Å². The predicted octanol–water partition coefficient (Wildman–Crippen LogP) is 4.69. The molecule has 0 aliphatic rings. The quantitative estimate of drug-likeness (QED) is 0.506. The van der Waals surface area contributed by atoms with E-state index >= 15 is 0 Å². The number of benzene rings is 2. The molecule has 0 fully saturated rings.